The lowest BCUT2D eigenvalue weighted by Crippen LogP contribution is -1.90. The summed E-state index contributed by atoms with van der Waals surface area (Å²) < 4.78 is 0. The molecule has 0 fully saturated rings. The summed E-state index contributed by atoms with van der Waals surface area (Å²) in [7, 11) is 0. The van der Waals surface area contributed by atoms with Crippen molar-refractivity contribution in [1.82, 2.24) is 4.98 Å². The maximum Gasteiger partial charge on any atom is 0.180 e. The lowest BCUT2D eigenvalue weighted by atomic mass is 10.0. The number of aromatic nitrogens is 1. The second-order valence-electron chi connectivity index (χ2n) is 3.27. The summed E-state index contributed by atoms with van der Waals surface area (Å²) in [6.07, 6.45) is 0. The van der Waals surface area contributed by atoms with Crippen LogP contribution < -0.4 is 5.73 Å². The van der Waals surface area contributed by atoms with Crippen molar-refractivity contribution in [2.45, 2.75) is 13.5 Å². The van der Waals surface area contributed by atoms with E-state index in [1.807, 2.05) is 31.2 Å². The number of hydrogen-bond donors (Lipinski definition) is 2. The maximum absolute atomic E-state index is 9.22. The second-order valence-corrected chi connectivity index (χ2v) is 4.51. The third-order valence-electron chi connectivity index (χ3n) is 2.26. The van der Waals surface area contributed by atoms with Gasteiger partial charge in [0.05, 0.1) is 12.3 Å². The zero-order chi connectivity index (χ0) is 10.8. The van der Waals surface area contributed by atoms with Crippen LogP contribution in [0, 0.1) is 6.92 Å². The minimum Gasteiger partial charge on any atom is -0.392 e. The smallest absolute Gasteiger partial charge is 0.180 e. The summed E-state index contributed by atoms with van der Waals surface area (Å²) in [6, 6.07) is 7.68. The number of nitrogen functional groups attached to an aromatic ring is 1. The van der Waals surface area contributed by atoms with Gasteiger partial charge in [-0.05, 0) is 12.5 Å². The van der Waals surface area contributed by atoms with Gasteiger partial charge in [0, 0.05) is 10.4 Å². The van der Waals surface area contributed by atoms with Crippen LogP contribution in [0.5, 0.6) is 0 Å². The summed E-state index contributed by atoms with van der Waals surface area (Å²) in [5.41, 5.74) is 8.37. The molecule has 2 rings (SSSR count). The Hall–Kier alpha value is -1.39. The average molecular weight is 220 g/mol. The number of aryl methyl sites for hydroxylation is 1. The van der Waals surface area contributed by atoms with Gasteiger partial charge in [-0.3, -0.25) is 0 Å². The Labute approximate surface area is 92.2 Å². The topological polar surface area (TPSA) is 59.1 Å². The van der Waals surface area contributed by atoms with E-state index in [2.05, 4.69) is 4.98 Å². The predicted molar refractivity (Wildman–Crippen MR) is 62.6 cm³/mol. The molecule has 4 heteroatoms. The average Bonchev–Trinajstić information content (AvgIpc) is 2.57. The molecular weight excluding hydrogens is 208 g/mol. The standard InChI is InChI=1S/C11H12N2OS/c1-7-10(13-11(12)15-7)9-5-3-2-4-8(9)6-14/h2-5,14H,6H2,1H3,(H2,12,13). The fourth-order valence-corrected chi connectivity index (χ4v) is 2.26. The van der Waals surface area contributed by atoms with Crippen LogP contribution >= 0.6 is 11.3 Å². The number of nitrogens with zero attached hydrogens (tertiary/aromatic N) is 1. The largest absolute Gasteiger partial charge is 0.392 e. The van der Waals surface area contributed by atoms with Crippen molar-refractivity contribution < 1.29 is 5.11 Å². The number of nitrogens with two attached hydrogens (primary N) is 1. The van der Waals surface area contributed by atoms with E-state index in [0.29, 0.717) is 5.13 Å². The van der Waals surface area contributed by atoms with Crippen molar-refractivity contribution in [3.05, 3.63) is 34.7 Å². The molecule has 0 saturated carbocycles. The summed E-state index contributed by atoms with van der Waals surface area (Å²) in [4.78, 5) is 5.35. The highest BCUT2D eigenvalue weighted by Gasteiger charge is 2.10. The Morgan fingerprint density at radius 2 is 2.13 bits per heavy atom. The normalized spacial score (nSPS) is 10.5. The molecule has 15 heavy (non-hydrogen) atoms. The van der Waals surface area contributed by atoms with Gasteiger partial charge in [-0.25, -0.2) is 4.98 Å². The number of hydrogen-bond acceptors (Lipinski definition) is 4. The van der Waals surface area contributed by atoms with Gasteiger partial charge in [0.1, 0.15) is 0 Å². The predicted octanol–water partition coefficient (Wildman–Crippen LogP) is 2.19. The van der Waals surface area contributed by atoms with E-state index in [-0.39, 0.29) is 6.61 Å². The van der Waals surface area contributed by atoms with Crippen molar-refractivity contribution in [2.75, 3.05) is 5.73 Å². The van der Waals surface area contributed by atoms with E-state index in [4.69, 9.17) is 5.73 Å². The number of benzene rings is 1. The molecule has 1 aromatic carbocycles. The van der Waals surface area contributed by atoms with E-state index in [0.717, 1.165) is 21.7 Å². The quantitative estimate of drug-likeness (QED) is 0.815. The molecule has 0 saturated heterocycles. The molecule has 0 bridgehead atoms. The lowest BCUT2D eigenvalue weighted by Gasteiger charge is -2.04. The van der Waals surface area contributed by atoms with Gasteiger partial charge in [0.15, 0.2) is 5.13 Å². The number of aliphatic hydroxyl groups is 1. The highest BCUT2D eigenvalue weighted by atomic mass is 32.1. The summed E-state index contributed by atoms with van der Waals surface area (Å²) >= 11 is 1.47. The first-order valence-corrected chi connectivity index (χ1v) is 5.46. The van der Waals surface area contributed by atoms with E-state index in [1.165, 1.54) is 11.3 Å². The van der Waals surface area contributed by atoms with E-state index in [9.17, 15) is 5.11 Å². The van der Waals surface area contributed by atoms with Crippen molar-refractivity contribution in [2.24, 2.45) is 0 Å². The Bertz CT molecular complexity index is 479. The summed E-state index contributed by atoms with van der Waals surface area (Å²) in [5, 5.41) is 9.79. The van der Waals surface area contributed by atoms with Crippen LogP contribution in [0.15, 0.2) is 24.3 Å². The Morgan fingerprint density at radius 3 is 2.73 bits per heavy atom. The molecule has 0 radical (unpaired) electrons. The molecular formula is C11H12N2OS. The van der Waals surface area contributed by atoms with Gasteiger partial charge >= 0.3 is 0 Å². The fraction of sp³-hybridized carbons (Fsp3) is 0.182. The molecule has 1 aromatic heterocycles. The van der Waals surface area contributed by atoms with E-state index >= 15 is 0 Å². The Balaban J connectivity index is 2.58. The first kappa shape index (κ1) is 10.1. The number of aliphatic hydroxyl groups excluding tert-OH is 1. The van der Waals surface area contributed by atoms with E-state index in [1.54, 1.807) is 0 Å². The number of anilines is 1. The molecule has 0 aliphatic heterocycles. The van der Waals surface area contributed by atoms with Crippen LogP contribution in [0.25, 0.3) is 11.3 Å². The maximum atomic E-state index is 9.22. The molecule has 0 atom stereocenters. The molecule has 3 nitrogen and oxygen atoms in total. The van der Waals surface area contributed by atoms with Crippen molar-refractivity contribution in [1.29, 1.82) is 0 Å². The van der Waals surface area contributed by atoms with Gasteiger partial charge < -0.3 is 10.8 Å². The molecule has 0 spiro atoms. The summed E-state index contributed by atoms with van der Waals surface area (Å²) in [6.45, 7) is 2.00. The number of rotatable bonds is 2. The molecule has 2 aromatic rings. The highest BCUT2D eigenvalue weighted by molar-refractivity contribution is 7.15. The van der Waals surface area contributed by atoms with E-state index < -0.39 is 0 Å². The van der Waals surface area contributed by atoms with Gasteiger partial charge in [-0.2, -0.15) is 0 Å². The van der Waals surface area contributed by atoms with Crippen LogP contribution in [-0.2, 0) is 6.61 Å². The van der Waals surface area contributed by atoms with Crippen LogP contribution in [-0.4, -0.2) is 10.1 Å². The first-order valence-electron chi connectivity index (χ1n) is 4.64. The molecule has 0 aliphatic rings. The fourth-order valence-electron chi connectivity index (χ4n) is 1.56. The zero-order valence-corrected chi connectivity index (χ0v) is 9.21. The molecule has 0 amide bonds. The zero-order valence-electron chi connectivity index (χ0n) is 8.40. The number of thiazole rings is 1. The molecule has 1 heterocycles. The third kappa shape index (κ3) is 1.86. The van der Waals surface area contributed by atoms with Gasteiger partial charge in [-0.1, -0.05) is 24.3 Å². The van der Waals surface area contributed by atoms with Crippen LogP contribution in [0.2, 0.25) is 0 Å². The molecule has 0 aliphatic carbocycles. The molecule has 0 unspecified atom stereocenters. The lowest BCUT2D eigenvalue weighted by molar-refractivity contribution is 0.282. The van der Waals surface area contributed by atoms with Crippen molar-refractivity contribution >= 4 is 16.5 Å². The Morgan fingerprint density at radius 1 is 1.40 bits per heavy atom. The van der Waals surface area contributed by atoms with Gasteiger partial charge in [0.2, 0.25) is 0 Å². The molecule has 3 N–H and O–H groups in total. The summed E-state index contributed by atoms with van der Waals surface area (Å²) in [5.74, 6) is 0. The minimum atomic E-state index is 0.0209. The van der Waals surface area contributed by atoms with Gasteiger partial charge in [0.25, 0.3) is 0 Å². The highest BCUT2D eigenvalue weighted by Crippen LogP contribution is 2.30. The first-order chi connectivity index (χ1) is 7.22. The second kappa shape index (κ2) is 4.00. The SMILES string of the molecule is Cc1sc(N)nc1-c1ccccc1CO. The monoisotopic (exact) mass is 220 g/mol. The Kier molecular flexibility index (Phi) is 2.70. The van der Waals surface area contributed by atoms with Crippen LogP contribution in [0.1, 0.15) is 10.4 Å². The van der Waals surface area contributed by atoms with Crippen LogP contribution in [0.4, 0.5) is 5.13 Å². The van der Waals surface area contributed by atoms with Crippen molar-refractivity contribution in [3.63, 3.8) is 0 Å². The molecule has 78 valence electrons. The van der Waals surface area contributed by atoms with Gasteiger partial charge in [-0.15, -0.1) is 11.3 Å². The van der Waals surface area contributed by atoms with Crippen molar-refractivity contribution in [3.8, 4) is 11.3 Å². The van der Waals surface area contributed by atoms with Crippen LogP contribution in [0.3, 0.4) is 0 Å². The third-order valence-corrected chi connectivity index (χ3v) is 3.06. The minimum absolute atomic E-state index is 0.0209.